The highest BCUT2D eigenvalue weighted by atomic mass is 32.2. The lowest BCUT2D eigenvalue weighted by Crippen LogP contribution is -2.53. The Kier molecular flexibility index (Phi) is 6.42. The van der Waals surface area contributed by atoms with E-state index in [9.17, 15) is 18.8 Å². The number of benzene rings is 1. The van der Waals surface area contributed by atoms with Crippen molar-refractivity contribution in [1.29, 1.82) is 0 Å². The highest BCUT2D eigenvalue weighted by Gasteiger charge is 2.55. The molecule has 2 atom stereocenters. The van der Waals surface area contributed by atoms with E-state index in [-0.39, 0.29) is 28.7 Å². The van der Waals surface area contributed by atoms with Crippen LogP contribution in [0.3, 0.4) is 0 Å². The second-order valence-electron chi connectivity index (χ2n) is 9.65. The maximum Gasteiger partial charge on any atom is 0.319 e. The fraction of sp³-hybridized carbons (Fsp3) is 0.625. The number of carbonyl (C=O) groups excluding carboxylic acids is 3. The molecule has 4 aliphatic carbocycles. The first-order valence-corrected chi connectivity index (χ1v) is 12.2. The zero-order chi connectivity index (χ0) is 22.2. The number of halogens is 1. The Hall–Kier alpha value is -1.89. The van der Waals surface area contributed by atoms with Gasteiger partial charge in [-0.2, -0.15) is 0 Å². The Morgan fingerprint density at radius 1 is 1.06 bits per heavy atom. The number of esters is 1. The van der Waals surface area contributed by atoms with Crippen molar-refractivity contribution < 1.29 is 23.5 Å². The Labute approximate surface area is 186 Å². The summed E-state index contributed by atoms with van der Waals surface area (Å²) < 4.78 is 18.5. The molecule has 4 saturated carbocycles. The molecule has 4 fully saturated rings. The number of hydrogen-bond acceptors (Lipinski definition) is 5. The molecular weight excluding hydrogens is 417 g/mol. The molecule has 0 radical (unpaired) electrons. The number of carbonyl (C=O) groups is 3. The van der Waals surface area contributed by atoms with Gasteiger partial charge in [0.25, 0.3) is 0 Å². The lowest BCUT2D eigenvalue weighted by atomic mass is 9.48. The van der Waals surface area contributed by atoms with Gasteiger partial charge in [0.15, 0.2) is 11.9 Å². The minimum absolute atomic E-state index is 0.0605. The zero-order valence-electron chi connectivity index (χ0n) is 18.1. The number of anilines is 1. The minimum Gasteiger partial charge on any atom is -0.454 e. The third-order valence-electron chi connectivity index (χ3n) is 7.15. The summed E-state index contributed by atoms with van der Waals surface area (Å²) in [6.45, 7) is 3.37. The molecule has 0 unspecified atom stereocenters. The minimum atomic E-state index is -0.750. The molecule has 4 bridgehead atoms. The topological polar surface area (TPSA) is 72.5 Å². The Morgan fingerprint density at radius 2 is 1.61 bits per heavy atom. The first-order valence-electron chi connectivity index (χ1n) is 11.2. The molecule has 7 heteroatoms. The van der Waals surface area contributed by atoms with Crippen LogP contribution in [0.1, 0.15) is 52.4 Å². The number of nitrogens with one attached hydrogen (secondary N) is 1. The fourth-order valence-electron chi connectivity index (χ4n) is 6.17. The van der Waals surface area contributed by atoms with Crippen LogP contribution in [0.25, 0.3) is 0 Å². The molecular formula is C24H30FNO4S. The Bertz CT molecular complexity index is 820. The van der Waals surface area contributed by atoms with E-state index in [1.165, 1.54) is 43.5 Å². The summed E-state index contributed by atoms with van der Waals surface area (Å²) in [5.74, 6) is 1.00. The van der Waals surface area contributed by atoms with Gasteiger partial charge in [-0.15, -0.1) is 11.8 Å². The van der Waals surface area contributed by atoms with Crippen LogP contribution in [0, 0.1) is 29.0 Å². The molecule has 5 nitrogen and oxygen atoms in total. The smallest absolute Gasteiger partial charge is 0.319 e. The van der Waals surface area contributed by atoms with Gasteiger partial charge >= 0.3 is 5.97 Å². The van der Waals surface area contributed by atoms with Crippen molar-refractivity contribution >= 4 is 35.1 Å². The van der Waals surface area contributed by atoms with Gasteiger partial charge in [0.05, 0.1) is 5.75 Å². The monoisotopic (exact) mass is 447 g/mol. The van der Waals surface area contributed by atoms with Crippen LogP contribution in [0.4, 0.5) is 10.1 Å². The van der Waals surface area contributed by atoms with Crippen LogP contribution in [0.5, 0.6) is 0 Å². The normalized spacial score (nSPS) is 30.5. The van der Waals surface area contributed by atoms with Crippen molar-refractivity contribution in [3.63, 3.8) is 0 Å². The van der Waals surface area contributed by atoms with Crippen LogP contribution in [-0.4, -0.2) is 34.8 Å². The SMILES string of the molecule is C[C@@H](OC(=O)[C@@H](C)SCC(=O)Nc1ccc(F)cc1)C(=O)C12CC3CC(CC(C3)C1)C2. The van der Waals surface area contributed by atoms with E-state index in [0.29, 0.717) is 23.4 Å². The van der Waals surface area contributed by atoms with Crippen LogP contribution in [-0.2, 0) is 19.1 Å². The number of amides is 1. The van der Waals surface area contributed by atoms with Crippen molar-refractivity contribution in [2.75, 3.05) is 11.1 Å². The maximum absolute atomic E-state index is 13.3. The van der Waals surface area contributed by atoms with E-state index < -0.39 is 17.3 Å². The van der Waals surface area contributed by atoms with E-state index in [1.807, 2.05) is 0 Å². The summed E-state index contributed by atoms with van der Waals surface area (Å²) in [4.78, 5) is 37.9. The van der Waals surface area contributed by atoms with Crippen molar-refractivity contribution in [3.8, 4) is 0 Å². The van der Waals surface area contributed by atoms with E-state index >= 15 is 0 Å². The number of rotatable bonds is 8. The van der Waals surface area contributed by atoms with Gasteiger partial charge in [-0.3, -0.25) is 14.4 Å². The molecule has 0 aromatic heterocycles. The molecule has 31 heavy (non-hydrogen) atoms. The summed E-state index contributed by atoms with van der Waals surface area (Å²) in [5, 5.41) is 2.10. The zero-order valence-corrected chi connectivity index (χ0v) is 18.9. The predicted molar refractivity (Wildman–Crippen MR) is 118 cm³/mol. The van der Waals surface area contributed by atoms with Gasteiger partial charge in [-0.1, -0.05) is 0 Å². The molecule has 1 amide bonds. The molecule has 1 aromatic carbocycles. The summed E-state index contributed by atoms with van der Waals surface area (Å²) >= 11 is 1.16. The third kappa shape index (κ3) is 4.97. The number of hydrogen-bond donors (Lipinski definition) is 1. The summed E-state index contributed by atoms with van der Waals surface area (Å²) in [5.41, 5.74) is 0.205. The Balaban J connectivity index is 1.25. The average molecular weight is 448 g/mol. The van der Waals surface area contributed by atoms with Crippen molar-refractivity contribution in [3.05, 3.63) is 30.1 Å². The molecule has 0 aliphatic heterocycles. The molecule has 168 valence electrons. The number of ketones is 1. The average Bonchev–Trinajstić information content (AvgIpc) is 2.72. The van der Waals surface area contributed by atoms with Gasteiger partial charge in [0.1, 0.15) is 11.1 Å². The predicted octanol–water partition coefficient (Wildman–Crippen LogP) is 4.60. The van der Waals surface area contributed by atoms with Crippen molar-refractivity contribution in [2.45, 2.75) is 63.7 Å². The summed E-state index contributed by atoms with van der Waals surface area (Å²) in [6, 6.07) is 5.50. The quantitative estimate of drug-likeness (QED) is 0.590. The van der Waals surface area contributed by atoms with Crippen LogP contribution in [0.15, 0.2) is 24.3 Å². The molecule has 0 heterocycles. The first-order chi connectivity index (χ1) is 14.7. The van der Waals surface area contributed by atoms with Gasteiger partial charge in [-0.25, -0.2) is 4.39 Å². The largest absolute Gasteiger partial charge is 0.454 e. The molecule has 5 rings (SSSR count). The molecule has 4 aliphatic rings. The highest BCUT2D eigenvalue weighted by molar-refractivity contribution is 8.01. The van der Waals surface area contributed by atoms with Crippen LogP contribution >= 0.6 is 11.8 Å². The highest BCUT2D eigenvalue weighted by Crippen LogP contribution is 2.60. The standard InChI is InChI=1S/C24H30FNO4S/c1-14(22(28)24-10-16-7-17(11-24)9-18(8-16)12-24)30-23(29)15(2)31-13-21(27)26-20-5-3-19(25)4-6-20/h3-6,14-18H,7-13H2,1-2H3,(H,26,27)/t14-,15-,16?,17?,18?,24?/m1/s1. The van der Waals surface area contributed by atoms with Gasteiger partial charge in [0.2, 0.25) is 5.91 Å². The first kappa shape index (κ1) is 22.3. The van der Waals surface area contributed by atoms with E-state index in [2.05, 4.69) is 5.32 Å². The summed E-state index contributed by atoms with van der Waals surface area (Å²) in [7, 11) is 0. The lowest BCUT2D eigenvalue weighted by Gasteiger charge is -2.56. The third-order valence-corrected chi connectivity index (χ3v) is 8.27. The van der Waals surface area contributed by atoms with Gasteiger partial charge in [-0.05, 0) is 94.4 Å². The second-order valence-corrected chi connectivity index (χ2v) is 11.0. The number of Topliss-reactive ketones (excluding diaryl/α,β-unsaturated/α-hetero) is 1. The van der Waals surface area contributed by atoms with Crippen molar-refractivity contribution in [1.82, 2.24) is 0 Å². The maximum atomic E-state index is 13.3. The van der Waals surface area contributed by atoms with Gasteiger partial charge < -0.3 is 10.1 Å². The molecule has 1 N–H and O–H groups in total. The van der Waals surface area contributed by atoms with E-state index in [0.717, 1.165) is 31.0 Å². The lowest BCUT2D eigenvalue weighted by molar-refractivity contribution is -0.164. The fourth-order valence-corrected chi connectivity index (χ4v) is 6.83. The Morgan fingerprint density at radius 3 is 2.16 bits per heavy atom. The number of thioether (sulfide) groups is 1. The summed E-state index contributed by atoms with van der Waals surface area (Å²) in [6.07, 6.45) is 5.88. The second kappa shape index (κ2) is 8.93. The molecule has 1 aromatic rings. The molecule has 0 spiro atoms. The van der Waals surface area contributed by atoms with Crippen molar-refractivity contribution in [2.24, 2.45) is 23.2 Å². The van der Waals surface area contributed by atoms with E-state index in [1.54, 1.807) is 13.8 Å². The van der Waals surface area contributed by atoms with Crippen LogP contribution < -0.4 is 5.32 Å². The number of ether oxygens (including phenoxy) is 1. The van der Waals surface area contributed by atoms with Gasteiger partial charge in [0, 0.05) is 11.1 Å². The molecule has 0 saturated heterocycles. The van der Waals surface area contributed by atoms with Crippen LogP contribution in [0.2, 0.25) is 0 Å². The van der Waals surface area contributed by atoms with E-state index in [4.69, 9.17) is 4.74 Å².